The second-order valence-electron chi connectivity index (χ2n) is 5.01. The molecule has 7 heteroatoms. The third kappa shape index (κ3) is 4.93. The van der Waals surface area contributed by atoms with Crippen molar-refractivity contribution in [2.45, 2.75) is 6.54 Å². The molecule has 1 amide bonds. The third-order valence-corrected chi connectivity index (χ3v) is 3.70. The van der Waals surface area contributed by atoms with Crippen LogP contribution in [0.4, 0.5) is 0 Å². The van der Waals surface area contributed by atoms with Crippen molar-refractivity contribution in [2.24, 2.45) is 0 Å². The van der Waals surface area contributed by atoms with Crippen molar-refractivity contribution in [2.75, 3.05) is 27.9 Å². The van der Waals surface area contributed by atoms with Crippen LogP contribution in [0, 0.1) is 0 Å². The Balaban J connectivity index is 1.96. The Kier molecular flexibility index (Phi) is 6.77. The predicted octanol–water partition coefficient (Wildman–Crippen LogP) is 3.06. The summed E-state index contributed by atoms with van der Waals surface area (Å²) in [4.78, 5) is 12.0. The van der Waals surface area contributed by atoms with E-state index in [0.29, 0.717) is 28.0 Å². The molecular weight excluding hydrogens is 346 g/mol. The molecule has 0 bridgehead atoms. The summed E-state index contributed by atoms with van der Waals surface area (Å²) < 4.78 is 21.3. The number of methoxy groups -OCH3 is 3. The van der Waals surface area contributed by atoms with Crippen molar-refractivity contribution in [3.8, 4) is 23.0 Å². The van der Waals surface area contributed by atoms with Gasteiger partial charge in [-0.25, -0.2) is 0 Å². The van der Waals surface area contributed by atoms with Gasteiger partial charge >= 0.3 is 0 Å². The summed E-state index contributed by atoms with van der Waals surface area (Å²) in [5.41, 5.74) is 0.764. The van der Waals surface area contributed by atoms with Crippen LogP contribution in [0.5, 0.6) is 23.0 Å². The molecule has 0 aromatic heterocycles. The van der Waals surface area contributed by atoms with Crippen LogP contribution in [0.2, 0.25) is 5.02 Å². The van der Waals surface area contributed by atoms with Crippen molar-refractivity contribution in [3.05, 3.63) is 47.0 Å². The molecular formula is C18H20ClNO5. The van der Waals surface area contributed by atoms with Gasteiger partial charge in [0.25, 0.3) is 5.91 Å². The van der Waals surface area contributed by atoms with Crippen molar-refractivity contribution in [1.82, 2.24) is 5.32 Å². The van der Waals surface area contributed by atoms with Crippen molar-refractivity contribution in [1.29, 1.82) is 0 Å². The first kappa shape index (κ1) is 18.7. The zero-order valence-corrected chi connectivity index (χ0v) is 15.1. The Morgan fingerprint density at radius 1 is 0.960 bits per heavy atom. The van der Waals surface area contributed by atoms with Gasteiger partial charge in [-0.1, -0.05) is 11.6 Å². The monoisotopic (exact) mass is 365 g/mol. The van der Waals surface area contributed by atoms with Gasteiger partial charge in [0.1, 0.15) is 5.75 Å². The summed E-state index contributed by atoms with van der Waals surface area (Å²) in [5, 5.41) is 3.39. The quantitative estimate of drug-likeness (QED) is 0.778. The molecule has 0 saturated heterocycles. The van der Waals surface area contributed by atoms with E-state index in [4.69, 9.17) is 30.5 Å². The maximum atomic E-state index is 12.0. The highest BCUT2D eigenvalue weighted by Crippen LogP contribution is 2.39. The summed E-state index contributed by atoms with van der Waals surface area (Å²) in [6.45, 7) is 0.170. The van der Waals surface area contributed by atoms with E-state index in [2.05, 4.69) is 5.32 Å². The van der Waals surface area contributed by atoms with Crippen LogP contribution in [0.3, 0.4) is 0 Å². The zero-order valence-electron chi connectivity index (χ0n) is 14.3. The van der Waals surface area contributed by atoms with Crippen LogP contribution < -0.4 is 24.3 Å². The average Bonchev–Trinajstić information content (AvgIpc) is 2.64. The largest absolute Gasteiger partial charge is 0.493 e. The van der Waals surface area contributed by atoms with Gasteiger partial charge in [0.05, 0.1) is 21.3 Å². The number of hydrogen-bond donors (Lipinski definition) is 1. The molecule has 0 aliphatic rings. The summed E-state index contributed by atoms with van der Waals surface area (Å²) in [7, 11) is 4.61. The van der Waals surface area contributed by atoms with Gasteiger partial charge in [0, 0.05) is 17.1 Å². The number of nitrogens with one attached hydrogen (secondary N) is 1. The minimum Gasteiger partial charge on any atom is -0.493 e. The highest BCUT2D eigenvalue weighted by molar-refractivity contribution is 6.30. The lowest BCUT2D eigenvalue weighted by atomic mass is 10.1. The number of hydrogen-bond acceptors (Lipinski definition) is 5. The molecule has 2 aromatic rings. The molecule has 0 spiro atoms. The maximum absolute atomic E-state index is 12.0. The third-order valence-electron chi connectivity index (χ3n) is 3.45. The minimum absolute atomic E-state index is 0.1000. The molecule has 0 aliphatic heterocycles. The first-order chi connectivity index (χ1) is 12.1. The number of halogens is 1. The van der Waals surface area contributed by atoms with Gasteiger partial charge in [-0.3, -0.25) is 4.79 Å². The van der Waals surface area contributed by atoms with Crippen molar-refractivity contribution >= 4 is 17.5 Å². The molecule has 0 saturated carbocycles. The van der Waals surface area contributed by atoms with E-state index in [1.165, 1.54) is 14.2 Å². The zero-order chi connectivity index (χ0) is 18.2. The van der Waals surface area contributed by atoms with Gasteiger partial charge in [0.15, 0.2) is 18.1 Å². The second-order valence-corrected chi connectivity index (χ2v) is 5.45. The van der Waals surface area contributed by atoms with E-state index < -0.39 is 0 Å². The van der Waals surface area contributed by atoms with Crippen molar-refractivity contribution < 1.29 is 23.7 Å². The molecule has 2 rings (SSSR count). The molecule has 0 aliphatic carbocycles. The number of carbonyl (C=O) groups is 1. The Labute approximate surface area is 151 Å². The van der Waals surface area contributed by atoms with Crippen LogP contribution in [0.25, 0.3) is 0 Å². The van der Waals surface area contributed by atoms with Crippen molar-refractivity contribution in [3.63, 3.8) is 0 Å². The SMILES string of the molecule is COc1ccc(CNC(=O)COc2ccc(Cl)cc2)c(OC)c1OC. The maximum Gasteiger partial charge on any atom is 0.258 e. The van der Waals surface area contributed by atoms with E-state index >= 15 is 0 Å². The summed E-state index contributed by atoms with van der Waals surface area (Å²) in [6, 6.07) is 10.4. The van der Waals surface area contributed by atoms with Gasteiger partial charge in [-0.05, 0) is 36.4 Å². The summed E-state index contributed by atoms with van der Waals surface area (Å²) >= 11 is 5.80. The lowest BCUT2D eigenvalue weighted by Crippen LogP contribution is -2.28. The number of rotatable bonds is 8. The van der Waals surface area contributed by atoms with E-state index in [1.807, 2.05) is 0 Å². The van der Waals surface area contributed by atoms with E-state index in [0.717, 1.165) is 5.56 Å². The second kappa shape index (κ2) is 9.03. The van der Waals surface area contributed by atoms with Gasteiger partial charge in [-0.2, -0.15) is 0 Å². The smallest absolute Gasteiger partial charge is 0.258 e. The highest BCUT2D eigenvalue weighted by atomic mass is 35.5. The van der Waals surface area contributed by atoms with Gasteiger partial charge < -0.3 is 24.3 Å². The Hall–Kier alpha value is -2.60. The lowest BCUT2D eigenvalue weighted by Gasteiger charge is -2.16. The normalized spacial score (nSPS) is 10.1. The fourth-order valence-electron chi connectivity index (χ4n) is 2.23. The van der Waals surface area contributed by atoms with Gasteiger partial charge in [-0.15, -0.1) is 0 Å². The van der Waals surface area contributed by atoms with Crippen LogP contribution >= 0.6 is 11.6 Å². The Morgan fingerprint density at radius 3 is 2.24 bits per heavy atom. The first-order valence-corrected chi connectivity index (χ1v) is 7.89. The van der Waals surface area contributed by atoms with E-state index in [-0.39, 0.29) is 19.1 Å². The number of amides is 1. The molecule has 25 heavy (non-hydrogen) atoms. The molecule has 0 fully saturated rings. The molecule has 0 heterocycles. The molecule has 6 nitrogen and oxygen atoms in total. The molecule has 0 unspecified atom stereocenters. The number of carbonyl (C=O) groups excluding carboxylic acids is 1. The predicted molar refractivity (Wildman–Crippen MR) is 94.9 cm³/mol. The van der Waals surface area contributed by atoms with E-state index in [1.54, 1.807) is 43.5 Å². The summed E-state index contributed by atoms with van der Waals surface area (Å²) in [5.74, 6) is 1.87. The molecule has 0 radical (unpaired) electrons. The fourth-order valence-corrected chi connectivity index (χ4v) is 2.35. The van der Waals surface area contributed by atoms with Crippen LogP contribution in [0.15, 0.2) is 36.4 Å². The molecule has 134 valence electrons. The average molecular weight is 366 g/mol. The Bertz CT molecular complexity index is 718. The standard InChI is InChI=1S/C18H20ClNO5/c1-22-15-9-4-12(17(23-2)18(15)24-3)10-20-16(21)11-25-14-7-5-13(19)6-8-14/h4-9H,10-11H2,1-3H3,(H,20,21). The number of ether oxygens (including phenoxy) is 4. The van der Waals surface area contributed by atoms with Crippen LogP contribution in [-0.4, -0.2) is 33.8 Å². The summed E-state index contributed by atoms with van der Waals surface area (Å²) in [6.07, 6.45) is 0. The fraction of sp³-hybridized carbons (Fsp3) is 0.278. The van der Waals surface area contributed by atoms with Crippen LogP contribution in [0.1, 0.15) is 5.56 Å². The molecule has 1 N–H and O–H groups in total. The number of benzene rings is 2. The lowest BCUT2D eigenvalue weighted by molar-refractivity contribution is -0.123. The molecule has 0 atom stereocenters. The van der Waals surface area contributed by atoms with Gasteiger partial charge in [0.2, 0.25) is 5.75 Å². The Morgan fingerprint density at radius 2 is 1.64 bits per heavy atom. The molecule has 2 aromatic carbocycles. The van der Waals surface area contributed by atoms with E-state index in [9.17, 15) is 4.79 Å². The first-order valence-electron chi connectivity index (χ1n) is 7.52. The minimum atomic E-state index is -0.258. The topological polar surface area (TPSA) is 66.0 Å². The van der Waals surface area contributed by atoms with Crippen LogP contribution in [-0.2, 0) is 11.3 Å². The highest BCUT2D eigenvalue weighted by Gasteiger charge is 2.16.